The van der Waals surface area contributed by atoms with E-state index >= 15 is 0 Å². The van der Waals surface area contributed by atoms with E-state index in [0.29, 0.717) is 0 Å². The fraction of sp³-hybridized carbons (Fsp3) is 0. The van der Waals surface area contributed by atoms with Crippen LogP contribution in [0.15, 0.2) is 237 Å². The normalized spacial score (nSPS) is 11.4. The van der Waals surface area contributed by atoms with Crippen molar-refractivity contribution in [2.75, 3.05) is 4.90 Å². The summed E-state index contributed by atoms with van der Waals surface area (Å²) < 4.78 is 0. The highest BCUT2D eigenvalue weighted by molar-refractivity contribution is 6.33. The molecule has 59 heavy (non-hydrogen) atoms. The van der Waals surface area contributed by atoms with E-state index < -0.39 is 0 Å². The van der Waals surface area contributed by atoms with E-state index in [9.17, 15) is 0 Å². The van der Waals surface area contributed by atoms with Crippen LogP contribution in [-0.2, 0) is 0 Å². The van der Waals surface area contributed by atoms with Gasteiger partial charge in [-0.25, -0.2) is 0 Å². The van der Waals surface area contributed by atoms with Gasteiger partial charge in [-0.2, -0.15) is 0 Å². The molecule has 0 atom stereocenters. The molecule has 0 fully saturated rings. The number of benzene rings is 11. The van der Waals surface area contributed by atoms with Gasteiger partial charge in [0.25, 0.3) is 0 Å². The molecule has 0 spiro atoms. The van der Waals surface area contributed by atoms with Crippen molar-refractivity contribution < 1.29 is 0 Å². The first-order chi connectivity index (χ1) is 29.3. The molecule has 0 aliphatic rings. The lowest BCUT2D eigenvalue weighted by atomic mass is 9.81. The number of hydrogen-bond donors (Lipinski definition) is 0. The summed E-state index contributed by atoms with van der Waals surface area (Å²) in [7, 11) is 0. The second kappa shape index (κ2) is 14.6. The Morgan fingerprint density at radius 1 is 0.237 bits per heavy atom. The Kier molecular flexibility index (Phi) is 8.56. The molecule has 0 N–H and O–H groups in total. The van der Waals surface area contributed by atoms with Gasteiger partial charge in [-0.15, -0.1) is 0 Å². The third-order valence-corrected chi connectivity index (χ3v) is 11.8. The lowest BCUT2D eigenvalue weighted by Crippen LogP contribution is -2.09. The first-order valence-electron chi connectivity index (χ1n) is 20.3. The number of fused-ring (bicyclic) bond motifs is 7. The predicted octanol–water partition coefficient (Wildman–Crippen LogP) is 16.4. The third kappa shape index (κ3) is 6.12. The molecule has 0 saturated carbocycles. The average Bonchev–Trinajstić information content (AvgIpc) is 3.32. The van der Waals surface area contributed by atoms with Crippen LogP contribution < -0.4 is 4.90 Å². The van der Waals surface area contributed by atoms with Gasteiger partial charge in [0, 0.05) is 17.1 Å². The zero-order valence-corrected chi connectivity index (χ0v) is 32.5. The lowest BCUT2D eigenvalue weighted by Gasteiger charge is -2.25. The molecular weight excluding hydrogens is 711 g/mol. The van der Waals surface area contributed by atoms with Crippen molar-refractivity contribution >= 4 is 60.2 Å². The van der Waals surface area contributed by atoms with Gasteiger partial charge in [-0.1, -0.05) is 182 Å². The quantitative estimate of drug-likeness (QED) is 0.147. The van der Waals surface area contributed by atoms with Crippen molar-refractivity contribution in [1.82, 2.24) is 0 Å². The molecule has 0 radical (unpaired) electrons. The second-order valence-electron chi connectivity index (χ2n) is 15.3. The van der Waals surface area contributed by atoms with Crippen LogP contribution >= 0.6 is 0 Å². The molecule has 11 rings (SSSR count). The van der Waals surface area contributed by atoms with E-state index in [-0.39, 0.29) is 0 Å². The van der Waals surface area contributed by atoms with E-state index in [4.69, 9.17) is 0 Å². The predicted molar refractivity (Wildman–Crippen MR) is 253 cm³/mol. The average molecular weight is 750 g/mol. The highest BCUT2D eigenvalue weighted by atomic mass is 15.1. The highest BCUT2D eigenvalue weighted by Gasteiger charge is 2.22. The van der Waals surface area contributed by atoms with E-state index in [2.05, 4.69) is 241 Å². The van der Waals surface area contributed by atoms with E-state index in [1.807, 2.05) is 0 Å². The summed E-state index contributed by atoms with van der Waals surface area (Å²) in [5.74, 6) is 0. The Morgan fingerprint density at radius 2 is 0.712 bits per heavy atom. The van der Waals surface area contributed by atoms with Gasteiger partial charge in [0.05, 0.1) is 0 Å². The Morgan fingerprint density at radius 3 is 1.36 bits per heavy atom. The fourth-order valence-electron chi connectivity index (χ4n) is 9.08. The molecule has 0 bridgehead atoms. The maximum Gasteiger partial charge on any atom is 0.0468 e. The molecule has 0 heterocycles. The highest BCUT2D eigenvalue weighted by Crippen LogP contribution is 2.49. The van der Waals surface area contributed by atoms with Gasteiger partial charge in [0.1, 0.15) is 0 Å². The maximum atomic E-state index is 2.43. The van der Waals surface area contributed by atoms with Crippen molar-refractivity contribution in [1.29, 1.82) is 0 Å². The minimum absolute atomic E-state index is 1.13. The summed E-state index contributed by atoms with van der Waals surface area (Å²) in [4.78, 5) is 2.32. The summed E-state index contributed by atoms with van der Waals surface area (Å²) >= 11 is 0. The summed E-state index contributed by atoms with van der Waals surface area (Å²) in [5.41, 5.74) is 13.2. The summed E-state index contributed by atoms with van der Waals surface area (Å²) in [6.45, 7) is 0. The topological polar surface area (TPSA) is 3.24 Å². The van der Waals surface area contributed by atoms with Crippen molar-refractivity contribution in [2.45, 2.75) is 0 Å². The fourth-order valence-corrected chi connectivity index (χ4v) is 9.08. The Hall–Kier alpha value is -7.74. The molecule has 0 amide bonds. The minimum atomic E-state index is 1.13. The number of nitrogens with zero attached hydrogens (tertiary/aromatic N) is 1. The molecule has 0 saturated heterocycles. The SMILES string of the molecule is c1ccc(-c2cc(-c3ccccc3)c3c4ccccc4c4cc(-c5ccc6cc(N(c7ccccc7)c7ccccc7)ccc6c5)ccc4c3c2-c2ccccc2)cc1. The zero-order valence-electron chi connectivity index (χ0n) is 32.5. The molecule has 276 valence electrons. The second-order valence-corrected chi connectivity index (χ2v) is 15.3. The monoisotopic (exact) mass is 749 g/mol. The summed E-state index contributed by atoms with van der Waals surface area (Å²) in [5, 5.41) is 10.0. The summed E-state index contributed by atoms with van der Waals surface area (Å²) in [6, 6.07) is 86.2. The standard InChI is InChI=1S/C58H39N/c1-6-18-40(19-7-1)53-39-54(41-20-8-2-9-21-41)57-51-29-17-16-28-50(51)55-38-46(33-35-52(55)58(57)56(53)42-22-10-3-11-23-42)43-30-31-45-37-49(34-32-44(45)36-43)59(47-24-12-4-13-25-47)48-26-14-5-15-27-48/h1-39H. The number of hydrogen-bond acceptors (Lipinski definition) is 1. The van der Waals surface area contributed by atoms with Gasteiger partial charge in [0.2, 0.25) is 0 Å². The number of anilines is 3. The first-order valence-corrected chi connectivity index (χ1v) is 20.3. The molecular formula is C58H39N. The van der Waals surface area contributed by atoms with Crippen molar-refractivity contribution in [3.05, 3.63) is 237 Å². The van der Waals surface area contributed by atoms with Gasteiger partial charge in [-0.3, -0.25) is 0 Å². The van der Waals surface area contributed by atoms with E-state index in [1.54, 1.807) is 0 Å². The Bertz CT molecular complexity index is 3250. The van der Waals surface area contributed by atoms with Gasteiger partial charge in [-0.05, 0) is 142 Å². The first kappa shape index (κ1) is 34.5. The molecule has 0 aliphatic carbocycles. The molecule has 0 aliphatic heterocycles. The lowest BCUT2D eigenvalue weighted by molar-refractivity contribution is 1.29. The van der Waals surface area contributed by atoms with Crippen LogP contribution in [0.25, 0.3) is 87.6 Å². The third-order valence-electron chi connectivity index (χ3n) is 11.8. The molecule has 0 aromatic heterocycles. The molecule has 0 unspecified atom stereocenters. The van der Waals surface area contributed by atoms with Crippen LogP contribution in [0.3, 0.4) is 0 Å². The Balaban J connectivity index is 1.14. The van der Waals surface area contributed by atoms with Crippen molar-refractivity contribution in [2.24, 2.45) is 0 Å². The van der Waals surface area contributed by atoms with Crippen LogP contribution in [-0.4, -0.2) is 0 Å². The van der Waals surface area contributed by atoms with Crippen LogP contribution in [0.5, 0.6) is 0 Å². The summed E-state index contributed by atoms with van der Waals surface area (Å²) in [6.07, 6.45) is 0. The van der Waals surface area contributed by atoms with Crippen LogP contribution in [0.4, 0.5) is 17.1 Å². The van der Waals surface area contributed by atoms with Crippen molar-refractivity contribution in [3.8, 4) is 44.5 Å². The minimum Gasteiger partial charge on any atom is -0.310 e. The Labute approximate surface area is 344 Å². The number of rotatable bonds is 7. The molecule has 11 aromatic rings. The largest absolute Gasteiger partial charge is 0.310 e. The smallest absolute Gasteiger partial charge is 0.0468 e. The van der Waals surface area contributed by atoms with Gasteiger partial charge >= 0.3 is 0 Å². The molecule has 1 nitrogen and oxygen atoms in total. The van der Waals surface area contributed by atoms with Crippen molar-refractivity contribution in [3.63, 3.8) is 0 Å². The molecule has 1 heteroatoms. The van der Waals surface area contributed by atoms with Gasteiger partial charge in [0.15, 0.2) is 0 Å². The van der Waals surface area contributed by atoms with Crippen LogP contribution in [0.2, 0.25) is 0 Å². The van der Waals surface area contributed by atoms with E-state index in [0.717, 1.165) is 17.1 Å². The van der Waals surface area contributed by atoms with Crippen LogP contribution in [0.1, 0.15) is 0 Å². The zero-order chi connectivity index (χ0) is 39.1. The van der Waals surface area contributed by atoms with E-state index in [1.165, 1.54) is 87.6 Å². The molecule has 11 aromatic carbocycles. The number of para-hydroxylation sites is 2. The van der Waals surface area contributed by atoms with Gasteiger partial charge < -0.3 is 4.90 Å². The van der Waals surface area contributed by atoms with Crippen LogP contribution in [0, 0.1) is 0 Å². The maximum absolute atomic E-state index is 2.43.